The Morgan fingerprint density at radius 1 is 1.00 bits per heavy atom. The van der Waals surface area contributed by atoms with Crippen LogP contribution in [0.4, 0.5) is 5.69 Å². The molecule has 0 amide bonds. The number of benzene rings is 2. The lowest BCUT2D eigenvalue weighted by Gasteiger charge is -2.27. The van der Waals surface area contributed by atoms with E-state index in [0.29, 0.717) is 0 Å². The first-order valence-corrected chi connectivity index (χ1v) is 7.24. The van der Waals surface area contributed by atoms with Gasteiger partial charge in [0, 0.05) is 17.7 Å². The fourth-order valence-electron chi connectivity index (χ4n) is 2.61. The molecule has 0 spiro atoms. The van der Waals surface area contributed by atoms with Crippen molar-refractivity contribution >= 4 is 22.9 Å². The van der Waals surface area contributed by atoms with Gasteiger partial charge in [-0.3, -0.25) is 0 Å². The zero-order valence-electron chi connectivity index (χ0n) is 12.1. The lowest BCUT2D eigenvalue weighted by molar-refractivity contribution is 0.414. The Morgan fingerprint density at radius 2 is 1.67 bits per heavy atom. The molecule has 0 bridgehead atoms. The van der Waals surface area contributed by atoms with E-state index in [1.807, 2.05) is 24.3 Å². The van der Waals surface area contributed by atoms with Gasteiger partial charge in [0.15, 0.2) is 0 Å². The van der Waals surface area contributed by atoms with Crippen molar-refractivity contribution in [2.24, 2.45) is 0 Å². The number of nitrogens with one attached hydrogen (secondary N) is 1. The molecule has 0 radical (unpaired) electrons. The molecule has 2 aromatic carbocycles. The molecule has 1 aliphatic rings. The van der Waals surface area contributed by atoms with Crippen LogP contribution in [0, 0.1) is 0 Å². The van der Waals surface area contributed by atoms with Crippen LogP contribution >= 0.6 is 12.2 Å². The molecule has 1 atom stereocenters. The quantitative estimate of drug-likeness (QED) is 0.874. The molecule has 1 N–H and O–H groups in total. The molecule has 1 unspecified atom stereocenters. The maximum atomic E-state index is 5.54. The number of anilines is 1. The van der Waals surface area contributed by atoms with Gasteiger partial charge in [0.1, 0.15) is 11.5 Å². The fourth-order valence-corrected chi connectivity index (χ4v) is 2.94. The standard InChI is InChI=1S/C17H17NO2S/c1-19-13-6-3-11(4-7-13)15-9-12-5-8-14(20-2)10-16(12)18-17(15)21/h3-8,10,15H,9H2,1-2H3,(H,18,21). The Bertz CT molecular complexity index is 667. The van der Waals surface area contributed by atoms with Crippen LogP contribution in [0.15, 0.2) is 42.5 Å². The molecule has 0 saturated heterocycles. The Balaban J connectivity index is 1.89. The second kappa shape index (κ2) is 5.74. The summed E-state index contributed by atoms with van der Waals surface area (Å²) in [5.41, 5.74) is 3.50. The third kappa shape index (κ3) is 2.72. The van der Waals surface area contributed by atoms with Crippen LogP contribution in [-0.4, -0.2) is 19.2 Å². The molecule has 108 valence electrons. The number of thiocarbonyl (C=S) groups is 1. The second-order valence-corrected chi connectivity index (χ2v) is 5.48. The van der Waals surface area contributed by atoms with Gasteiger partial charge in [0.05, 0.1) is 19.2 Å². The van der Waals surface area contributed by atoms with Crippen molar-refractivity contribution < 1.29 is 9.47 Å². The largest absolute Gasteiger partial charge is 0.497 e. The van der Waals surface area contributed by atoms with Gasteiger partial charge >= 0.3 is 0 Å². The summed E-state index contributed by atoms with van der Waals surface area (Å²) in [6, 6.07) is 14.2. The van der Waals surface area contributed by atoms with Gasteiger partial charge in [-0.05, 0) is 35.7 Å². The van der Waals surface area contributed by atoms with Gasteiger partial charge in [0.25, 0.3) is 0 Å². The number of hydrogen-bond acceptors (Lipinski definition) is 3. The van der Waals surface area contributed by atoms with Crippen LogP contribution in [-0.2, 0) is 6.42 Å². The van der Waals surface area contributed by atoms with E-state index in [2.05, 4.69) is 23.5 Å². The van der Waals surface area contributed by atoms with Crippen molar-refractivity contribution in [1.82, 2.24) is 0 Å². The molecule has 0 aromatic heterocycles. The first-order valence-electron chi connectivity index (χ1n) is 6.83. The molecule has 4 heteroatoms. The molecule has 3 nitrogen and oxygen atoms in total. The van der Waals surface area contributed by atoms with Crippen molar-refractivity contribution in [1.29, 1.82) is 0 Å². The number of fused-ring (bicyclic) bond motifs is 1. The molecule has 2 aromatic rings. The third-order valence-electron chi connectivity index (χ3n) is 3.83. The Hall–Kier alpha value is -2.07. The van der Waals surface area contributed by atoms with Gasteiger partial charge in [-0.15, -0.1) is 0 Å². The van der Waals surface area contributed by atoms with Crippen molar-refractivity contribution in [3.05, 3.63) is 53.6 Å². The van der Waals surface area contributed by atoms with Gasteiger partial charge < -0.3 is 14.8 Å². The van der Waals surface area contributed by atoms with Crippen LogP contribution in [0.5, 0.6) is 11.5 Å². The topological polar surface area (TPSA) is 30.5 Å². The molecule has 0 saturated carbocycles. The maximum Gasteiger partial charge on any atom is 0.120 e. The Morgan fingerprint density at radius 3 is 2.33 bits per heavy atom. The number of ether oxygens (including phenoxy) is 2. The molecule has 0 fully saturated rings. The average molecular weight is 299 g/mol. The number of hydrogen-bond donors (Lipinski definition) is 1. The molecule has 0 aliphatic carbocycles. The minimum absolute atomic E-state index is 0.201. The van der Waals surface area contributed by atoms with Crippen LogP contribution in [0.25, 0.3) is 0 Å². The highest BCUT2D eigenvalue weighted by Crippen LogP contribution is 2.34. The van der Waals surface area contributed by atoms with Crippen molar-refractivity contribution in [3.8, 4) is 11.5 Å². The molecular weight excluding hydrogens is 282 g/mol. The molecular formula is C17H17NO2S. The highest BCUT2D eigenvalue weighted by molar-refractivity contribution is 7.80. The predicted octanol–water partition coefficient (Wildman–Crippen LogP) is 3.78. The summed E-state index contributed by atoms with van der Waals surface area (Å²) in [6.45, 7) is 0. The molecule has 1 aliphatic heterocycles. The smallest absolute Gasteiger partial charge is 0.120 e. The molecule has 21 heavy (non-hydrogen) atoms. The Kier molecular flexibility index (Phi) is 3.80. The van der Waals surface area contributed by atoms with Gasteiger partial charge in [-0.2, -0.15) is 0 Å². The van der Waals surface area contributed by atoms with Gasteiger partial charge in [-0.25, -0.2) is 0 Å². The van der Waals surface area contributed by atoms with E-state index in [1.165, 1.54) is 11.1 Å². The van der Waals surface area contributed by atoms with E-state index in [-0.39, 0.29) is 5.92 Å². The van der Waals surface area contributed by atoms with E-state index in [4.69, 9.17) is 21.7 Å². The van der Waals surface area contributed by atoms with Gasteiger partial charge in [-0.1, -0.05) is 30.4 Å². The SMILES string of the molecule is COc1ccc(C2Cc3ccc(OC)cc3NC2=S)cc1. The molecule has 1 heterocycles. The maximum absolute atomic E-state index is 5.54. The van der Waals surface area contributed by atoms with Crippen LogP contribution in [0.1, 0.15) is 17.0 Å². The summed E-state index contributed by atoms with van der Waals surface area (Å²) in [5.74, 6) is 1.90. The summed E-state index contributed by atoms with van der Waals surface area (Å²) in [6.07, 6.45) is 0.900. The normalized spacial score (nSPS) is 16.9. The van der Waals surface area contributed by atoms with Crippen LogP contribution < -0.4 is 14.8 Å². The highest BCUT2D eigenvalue weighted by atomic mass is 32.1. The predicted molar refractivity (Wildman–Crippen MR) is 88.7 cm³/mol. The van der Waals surface area contributed by atoms with Crippen molar-refractivity contribution in [2.45, 2.75) is 12.3 Å². The molecule has 3 rings (SSSR count). The summed E-state index contributed by atoms with van der Waals surface area (Å²) in [4.78, 5) is 0.848. The van der Waals surface area contributed by atoms with E-state index in [9.17, 15) is 0 Å². The highest BCUT2D eigenvalue weighted by Gasteiger charge is 2.24. The Labute approximate surface area is 129 Å². The summed E-state index contributed by atoms with van der Waals surface area (Å²) < 4.78 is 10.5. The fraction of sp³-hybridized carbons (Fsp3) is 0.235. The van der Waals surface area contributed by atoms with Crippen LogP contribution in [0.2, 0.25) is 0 Å². The first-order chi connectivity index (χ1) is 10.2. The first kappa shape index (κ1) is 13.9. The zero-order valence-corrected chi connectivity index (χ0v) is 12.9. The van der Waals surface area contributed by atoms with Crippen LogP contribution in [0.3, 0.4) is 0 Å². The number of rotatable bonds is 3. The van der Waals surface area contributed by atoms with E-state index in [1.54, 1.807) is 14.2 Å². The monoisotopic (exact) mass is 299 g/mol. The van der Waals surface area contributed by atoms with E-state index in [0.717, 1.165) is 28.6 Å². The minimum atomic E-state index is 0.201. The minimum Gasteiger partial charge on any atom is -0.497 e. The van der Waals surface area contributed by atoms with E-state index >= 15 is 0 Å². The zero-order chi connectivity index (χ0) is 14.8. The summed E-state index contributed by atoms with van der Waals surface area (Å²) in [7, 11) is 3.34. The van der Waals surface area contributed by atoms with Crippen molar-refractivity contribution in [3.63, 3.8) is 0 Å². The summed E-state index contributed by atoms with van der Waals surface area (Å²) in [5, 5.41) is 3.33. The summed E-state index contributed by atoms with van der Waals surface area (Å²) >= 11 is 5.54. The lowest BCUT2D eigenvalue weighted by atomic mass is 9.88. The lowest BCUT2D eigenvalue weighted by Crippen LogP contribution is -2.26. The van der Waals surface area contributed by atoms with Gasteiger partial charge in [0.2, 0.25) is 0 Å². The second-order valence-electron chi connectivity index (χ2n) is 5.04. The third-order valence-corrected chi connectivity index (χ3v) is 4.22. The van der Waals surface area contributed by atoms with E-state index < -0.39 is 0 Å². The number of methoxy groups -OCH3 is 2. The van der Waals surface area contributed by atoms with Crippen molar-refractivity contribution in [2.75, 3.05) is 19.5 Å². The average Bonchev–Trinajstić information content (AvgIpc) is 2.53.